The first-order valence-electron chi connectivity index (χ1n) is 10.5. The molecule has 0 unspecified atom stereocenters. The van der Waals surface area contributed by atoms with Crippen LogP contribution in [0.15, 0.2) is 41.3 Å². The number of nitrogens with one attached hydrogen (secondary N) is 2. The molecule has 32 heavy (non-hydrogen) atoms. The number of aromatic nitrogens is 1. The highest BCUT2D eigenvalue weighted by Gasteiger charge is 2.19. The first-order chi connectivity index (χ1) is 15.4. The summed E-state index contributed by atoms with van der Waals surface area (Å²) >= 11 is 1.60. The number of hydrogen-bond acceptors (Lipinski definition) is 7. The van der Waals surface area contributed by atoms with E-state index in [1.807, 2.05) is 25.1 Å². The number of nitrogens with zero attached hydrogens (tertiary/aromatic N) is 1. The number of thiazole rings is 1. The summed E-state index contributed by atoms with van der Waals surface area (Å²) in [6.07, 6.45) is 2.45. The van der Waals surface area contributed by atoms with E-state index in [1.54, 1.807) is 17.4 Å². The standard InChI is InChI=1S/C22H25N3O5S2/c1-15-24-18-8-6-16(13-21(18)31-15)25-22(26)5-3-2-4-10-23-32(27,28)17-7-9-19-20(14-17)30-12-11-29-19/h6-9,13-14,23H,2-5,10-12H2,1H3,(H,25,26). The van der Waals surface area contributed by atoms with E-state index in [2.05, 4.69) is 15.0 Å². The fourth-order valence-electron chi connectivity index (χ4n) is 3.41. The summed E-state index contributed by atoms with van der Waals surface area (Å²) in [6.45, 7) is 3.12. The van der Waals surface area contributed by atoms with Gasteiger partial charge in [-0.2, -0.15) is 0 Å². The number of hydrogen-bond donors (Lipinski definition) is 2. The highest BCUT2D eigenvalue weighted by atomic mass is 32.2. The van der Waals surface area contributed by atoms with Crippen molar-refractivity contribution in [3.63, 3.8) is 0 Å². The third-order valence-corrected chi connectivity index (χ3v) is 7.37. The lowest BCUT2D eigenvalue weighted by atomic mass is 10.2. The van der Waals surface area contributed by atoms with Gasteiger partial charge in [-0.25, -0.2) is 18.1 Å². The van der Waals surface area contributed by atoms with E-state index < -0.39 is 10.0 Å². The van der Waals surface area contributed by atoms with E-state index in [4.69, 9.17) is 9.47 Å². The SMILES string of the molecule is Cc1nc2ccc(NC(=O)CCCCCNS(=O)(=O)c3ccc4c(c3)OCCO4)cc2s1. The number of fused-ring (bicyclic) bond motifs is 2. The number of unbranched alkanes of at least 4 members (excludes halogenated alkanes) is 2. The lowest BCUT2D eigenvalue weighted by molar-refractivity contribution is -0.116. The van der Waals surface area contributed by atoms with Gasteiger partial charge in [0.05, 0.1) is 20.1 Å². The number of amides is 1. The topological polar surface area (TPSA) is 107 Å². The van der Waals surface area contributed by atoms with Crippen LogP contribution in [0.1, 0.15) is 30.7 Å². The Morgan fingerprint density at radius 3 is 2.72 bits per heavy atom. The van der Waals surface area contributed by atoms with Gasteiger partial charge in [0.15, 0.2) is 11.5 Å². The van der Waals surface area contributed by atoms with E-state index in [9.17, 15) is 13.2 Å². The molecule has 2 aromatic carbocycles. The number of ether oxygens (including phenoxy) is 2. The van der Waals surface area contributed by atoms with Crippen LogP contribution in [0.5, 0.6) is 11.5 Å². The number of aryl methyl sites for hydroxylation is 1. The van der Waals surface area contributed by atoms with Crippen LogP contribution in [0.2, 0.25) is 0 Å². The summed E-state index contributed by atoms with van der Waals surface area (Å²) in [5, 5.41) is 3.90. The normalized spacial score (nSPS) is 13.3. The van der Waals surface area contributed by atoms with E-state index >= 15 is 0 Å². The molecule has 0 bridgehead atoms. The molecule has 1 aliphatic rings. The first kappa shape index (κ1) is 22.5. The molecule has 1 aliphatic heterocycles. The molecule has 3 aromatic rings. The Bertz CT molecular complexity index is 1220. The Morgan fingerprint density at radius 2 is 1.88 bits per heavy atom. The Kier molecular flexibility index (Phi) is 6.92. The largest absolute Gasteiger partial charge is 0.486 e. The van der Waals surface area contributed by atoms with E-state index in [0.29, 0.717) is 50.5 Å². The Hall–Kier alpha value is -2.69. The number of carbonyl (C=O) groups is 1. The average Bonchev–Trinajstić information content (AvgIpc) is 3.15. The van der Waals surface area contributed by atoms with Crippen LogP contribution < -0.4 is 19.5 Å². The van der Waals surface area contributed by atoms with Crippen LogP contribution in [0.3, 0.4) is 0 Å². The smallest absolute Gasteiger partial charge is 0.240 e. The van der Waals surface area contributed by atoms with Crippen molar-refractivity contribution in [2.75, 3.05) is 25.1 Å². The monoisotopic (exact) mass is 475 g/mol. The van der Waals surface area contributed by atoms with Crippen LogP contribution in [-0.2, 0) is 14.8 Å². The molecule has 0 atom stereocenters. The summed E-state index contributed by atoms with van der Waals surface area (Å²) in [4.78, 5) is 16.8. The zero-order valence-corrected chi connectivity index (χ0v) is 19.4. The second kappa shape index (κ2) is 9.85. The molecule has 1 amide bonds. The van der Waals surface area contributed by atoms with Gasteiger partial charge in [0, 0.05) is 24.7 Å². The number of benzene rings is 2. The maximum atomic E-state index is 12.5. The molecular formula is C22H25N3O5S2. The summed E-state index contributed by atoms with van der Waals surface area (Å²) in [5.41, 5.74) is 1.70. The second-order valence-corrected chi connectivity index (χ2v) is 10.5. The molecule has 0 aliphatic carbocycles. The van der Waals surface area contributed by atoms with Crippen molar-refractivity contribution < 1.29 is 22.7 Å². The molecule has 0 fully saturated rings. The van der Waals surface area contributed by atoms with Crippen molar-refractivity contribution >= 4 is 43.2 Å². The number of rotatable bonds is 9. The zero-order chi connectivity index (χ0) is 22.6. The van der Waals surface area contributed by atoms with E-state index in [-0.39, 0.29) is 10.8 Å². The quantitative estimate of drug-likeness (QED) is 0.455. The maximum Gasteiger partial charge on any atom is 0.240 e. The fraction of sp³-hybridized carbons (Fsp3) is 0.364. The van der Waals surface area contributed by atoms with Gasteiger partial charge < -0.3 is 14.8 Å². The van der Waals surface area contributed by atoms with Crippen LogP contribution >= 0.6 is 11.3 Å². The van der Waals surface area contributed by atoms with Crippen molar-refractivity contribution in [1.29, 1.82) is 0 Å². The lowest BCUT2D eigenvalue weighted by Crippen LogP contribution is -2.25. The highest BCUT2D eigenvalue weighted by molar-refractivity contribution is 7.89. The van der Waals surface area contributed by atoms with E-state index in [1.165, 1.54) is 12.1 Å². The summed E-state index contributed by atoms with van der Waals surface area (Å²) in [6, 6.07) is 10.3. The molecule has 4 rings (SSSR count). The maximum absolute atomic E-state index is 12.5. The molecule has 2 N–H and O–H groups in total. The number of carbonyl (C=O) groups excluding carboxylic acids is 1. The van der Waals surface area contributed by atoms with Crippen LogP contribution in [-0.4, -0.2) is 39.1 Å². The molecule has 2 heterocycles. The third kappa shape index (κ3) is 5.56. The molecule has 170 valence electrons. The van der Waals surface area contributed by atoms with Gasteiger partial charge in [-0.05, 0) is 50.1 Å². The zero-order valence-electron chi connectivity index (χ0n) is 17.7. The number of anilines is 1. The minimum atomic E-state index is -3.62. The first-order valence-corrected chi connectivity index (χ1v) is 12.8. The van der Waals surface area contributed by atoms with Crippen molar-refractivity contribution in [3.8, 4) is 11.5 Å². The molecule has 8 nitrogen and oxygen atoms in total. The van der Waals surface area contributed by atoms with Crippen molar-refractivity contribution in [3.05, 3.63) is 41.4 Å². The van der Waals surface area contributed by atoms with Gasteiger partial charge in [0.1, 0.15) is 13.2 Å². The van der Waals surface area contributed by atoms with Crippen LogP contribution in [0.25, 0.3) is 10.2 Å². The van der Waals surface area contributed by atoms with Gasteiger partial charge in [0.25, 0.3) is 0 Å². The minimum absolute atomic E-state index is 0.0533. The Balaban J connectivity index is 1.17. The molecule has 0 saturated heterocycles. The van der Waals surface area contributed by atoms with Crippen molar-refractivity contribution in [1.82, 2.24) is 9.71 Å². The summed E-state index contributed by atoms with van der Waals surface area (Å²) in [5.74, 6) is 0.938. The Labute approximate surface area is 191 Å². The predicted molar refractivity (Wildman–Crippen MR) is 124 cm³/mol. The summed E-state index contributed by atoms with van der Waals surface area (Å²) in [7, 11) is -3.62. The highest BCUT2D eigenvalue weighted by Crippen LogP contribution is 2.32. The molecule has 1 aromatic heterocycles. The van der Waals surface area contributed by atoms with Crippen molar-refractivity contribution in [2.24, 2.45) is 0 Å². The molecule has 0 saturated carbocycles. The minimum Gasteiger partial charge on any atom is -0.486 e. The number of sulfonamides is 1. The van der Waals surface area contributed by atoms with Crippen molar-refractivity contribution in [2.45, 2.75) is 37.5 Å². The molecular weight excluding hydrogens is 450 g/mol. The van der Waals surface area contributed by atoms with Gasteiger partial charge in [-0.3, -0.25) is 4.79 Å². The molecule has 10 heteroatoms. The van der Waals surface area contributed by atoms with Gasteiger partial charge in [-0.1, -0.05) is 6.42 Å². The Morgan fingerprint density at radius 1 is 1.06 bits per heavy atom. The van der Waals surface area contributed by atoms with Gasteiger partial charge in [-0.15, -0.1) is 11.3 Å². The predicted octanol–water partition coefficient (Wildman–Crippen LogP) is 3.85. The third-order valence-electron chi connectivity index (χ3n) is 4.98. The summed E-state index contributed by atoms with van der Waals surface area (Å²) < 4.78 is 39.5. The van der Waals surface area contributed by atoms with Gasteiger partial charge in [0.2, 0.25) is 15.9 Å². The van der Waals surface area contributed by atoms with Crippen LogP contribution in [0, 0.1) is 6.92 Å². The van der Waals surface area contributed by atoms with Crippen LogP contribution in [0.4, 0.5) is 5.69 Å². The van der Waals surface area contributed by atoms with Gasteiger partial charge >= 0.3 is 0 Å². The fourth-order valence-corrected chi connectivity index (χ4v) is 5.36. The average molecular weight is 476 g/mol. The second-order valence-electron chi connectivity index (χ2n) is 7.48. The molecule has 0 spiro atoms. The lowest BCUT2D eigenvalue weighted by Gasteiger charge is -2.18. The molecule has 0 radical (unpaired) electrons. The van der Waals surface area contributed by atoms with E-state index in [0.717, 1.165) is 27.3 Å².